The summed E-state index contributed by atoms with van der Waals surface area (Å²) in [6.07, 6.45) is 12.2. The number of aliphatic hydroxyl groups is 1. The molecule has 1 rings (SSSR count). The standard InChI is InChI=1S/C15H31NO/c1-3-4-5-6-8-11-15(2,17)13-14-10-7-9-12-16-14/h14,16-17H,3-13H2,1-2H3. The van der Waals surface area contributed by atoms with Crippen molar-refractivity contribution in [2.24, 2.45) is 0 Å². The molecule has 0 aromatic heterocycles. The SMILES string of the molecule is CCCCCCCC(C)(O)CC1CCCCN1. The highest BCUT2D eigenvalue weighted by Crippen LogP contribution is 2.24. The Morgan fingerprint density at radius 2 is 1.94 bits per heavy atom. The van der Waals surface area contributed by atoms with Crippen LogP contribution in [0.25, 0.3) is 0 Å². The van der Waals surface area contributed by atoms with Crippen molar-refractivity contribution in [3.05, 3.63) is 0 Å². The molecule has 2 atom stereocenters. The van der Waals surface area contributed by atoms with Crippen LogP contribution in [0.4, 0.5) is 0 Å². The van der Waals surface area contributed by atoms with Crippen molar-refractivity contribution in [1.29, 1.82) is 0 Å². The van der Waals surface area contributed by atoms with Gasteiger partial charge in [0.25, 0.3) is 0 Å². The predicted molar refractivity (Wildman–Crippen MR) is 74.3 cm³/mol. The Morgan fingerprint density at radius 1 is 1.18 bits per heavy atom. The molecule has 1 fully saturated rings. The maximum Gasteiger partial charge on any atom is 0.0634 e. The molecule has 0 spiro atoms. The summed E-state index contributed by atoms with van der Waals surface area (Å²) in [6, 6.07) is 0.550. The Balaban J connectivity index is 2.11. The summed E-state index contributed by atoms with van der Waals surface area (Å²) in [6.45, 7) is 5.39. The van der Waals surface area contributed by atoms with Crippen molar-refractivity contribution in [1.82, 2.24) is 5.32 Å². The van der Waals surface area contributed by atoms with Gasteiger partial charge in [-0.15, -0.1) is 0 Å². The highest BCUT2D eigenvalue weighted by molar-refractivity contribution is 4.82. The number of hydrogen-bond donors (Lipinski definition) is 2. The van der Waals surface area contributed by atoms with Gasteiger partial charge in [0.2, 0.25) is 0 Å². The van der Waals surface area contributed by atoms with Crippen molar-refractivity contribution in [2.45, 2.75) is 89.7 Å². The van der Waals surface area contributed by atoms with E-state index in [4.69, 9.17) is 0 Å². The third kappa shape index (κ3) is 7.05. The van der Waals surface area contributed by atoms with Crippen molar-refractivity contribution in [3.8, 4) is 0 Å². The van der Waals surface area contributed by atoms with Crippen molar-refractivity contribution < 1.29 is 5.11 Å². The lowest BCUT2D eigenvalue weighted by Gasteiger charge is -2.31. The van der Waals surface area contributed by atoms with Crippen LogP contribution in [0.5, 0.6) is 0 Å². The first-order valence-corrected chi connectivity index (χ1v) is 7.60. The van der Waals surface area contributed by atoms with E-state index in [9.17, 15) is 5.11 Å². The smallest absolute Gasteiger partial charge is 0.0634 e. The lowest BCUT2D eigenvalue weighted by atomic mass is 9.88. The van der Waals surface area contributed by atoms with Gasteiger partial charge in [0.05, 0.1) is 5.60 Å². The minimum absolute atomic E-state index is 0.457. The molecule has 102 valence electrons. The Labute approximate surface area is 107 Å². The van der Waals surface area contributed by atoms with Crippen LogP contribution in [0, 0.1) is 0 Å². The third-order valence-electron chi connectivity index (χ3n) is 3.92. The first-order valence-electron chi connectivity index (χ1n) is 7.60. The third-order valence-corrected chi connectivity index (χ3v) is 3.92. The molecule has 0 amide bonds. The summed E-state index contributed by atoms with van der Waals surface area (Å²) in [5, 5.41) is 13.9. The van der Waals surface area contributed by atoms with E-state index in [0.717, 1.165) is 19.4 Å². The second-order valence-corrected chi connectivity index (χ2v) is 6.01. The lowest BCUT2D eigenvalue weighted by Crippen LogP contribution is -2.40. The first kappa shape index (κ1) is 15.0. The molecule has 0 aliphatic carbocycles. The molecular weight excluding hydrogens is 210 g/mol. The molecule has 2 N–H and O–H groups in total. The minimum atomic E-state index is -0.457. The van der Waals surface area contributed by atoms with E-state index in [-0.39, 0.29) is 0 Å². The molecular formula is C15H31NO. The average molecular weight is 241 g/mol. The lowest BCUT2D eigenvalue weighted by molar-refractivity contribution is 0.0260. The monoisotopic (exact) mass is 241 g/mol. The predicted octanol–water partition coefficient (Wildman–Crippen LogP) is 3.63. The van der Waals surface area contributed by atoms with Gasteiger partial charge >= 0.3 is 0 Å². The van der Waals surface area contributed by atoms with E-state index in [1.54, 1.807) is 0 Å². The van der Waals surface area contributed by atoms with Gasteiger partial charge in [0, 0.05) is 6.04 Å². The number of rotatable bonds is 8. The fourth-order valence-corrected chi connectivity index (χ4v) is 2.84. The number of hydrogen-bond acceptors (Lipinski definition) is 2. The van der Waals surface area contributed by atoms with E-state index in [1.165, 1.54) is 51.4 Å². The molecule has 2 heteroatoms. The van der Waals surface area contributed by atoms with Gasteiger partial charge in [-0.05, 0) is 39.2 Å². The van der Waals surface area contributed by atoms with Crippen LogP contribution in [-0.2, 0) is 0 Å². The van der Waals surface area contributed by atoms with Crippen molar-refractivity contribution >= 4 is 0 Å². The van der Waals surface area contributed by atoms with Crippen LogP contribution in [0.2, 0.25) is 0 Å². The van der Waals surface area contributed by atoms with Gasteiger partial charge in [-0.25, -0.2) is 0 Å². The van der Waals surface area contributed by atoms with Gasteiger partial charge in [0.15, 0.2) is 0 Å². The highest BCUT2D eigenvalue weighted by Gasteiger charge is 2.25. The van der Waals surface area contributed by atoms with Crippen molar-refractivity contribution in [3.63, 3.8) is 0 Å². The first-order chi connectivity index (χ1) is 8.14. The maximum atomic E-state index is 10.4. The number of nitrogens with one attached hydrogen (secondary N) is 1. The minimum Gasteiger partial charge on any atom is -0.390 e. The molecule has 0 aromatic rings. The van der Waals surface area contributed by atoms with E-state index in [0.29, 0.717) is 6.04 Å². The van der Waals surface area contributed by atoms with E-state index < -0.39 is 5.60 Å². The van der Waals surface area contributed by atoms with Crippen LogP contribution in [-0.4, -0.2) is 23.3 Å². The molecule has 0 aromatic carbocycles. The van der Waals surface area contributed by atoms with Crippen LogP contribution in [0.3, 0.4) is 0 Å². The molecule has 0 radical (unpaired) electrons. The van der Waals surface area contributed by atoms with E-state index in [1.807, 2.05) is 6.92 Å². The van der Waals surface area contributed by atoms with Gasteiger partial charge in [-0.3, -0.25) is 0 Å². The second kappa shape index (κ2) is 8.10. The molecule has 17 heavy (non-hydrogen) atoms. The quantitative estimate of drug-likeness (QED) is 0.636. The van der Waals surface area contributed by atoms with Gasteiger partial charge in [-0.2, -0.15) is 0 Å². The largest absolute Gasteiger partial charge is 0.390 e. The van der Waals surface area contributed by atoms with Crippen LogP contribution >= 0.6 is 0 Å². The molecule has 2 unspecified atom stereocenters. The van der Waals surface area contributed by atoms with E-state index in [2.05, 4.69) is 12.2 Å². The molecule has 2 nitrogen and oxygen atoms in total. The van der Waals surface area contributed by atoms with Gasteiger partial charge < -0.3 is 10.4 Å². The summed E-state index contributed by atoms with van der Waals surface area (Å²) in [7, 11) is 0. The molecule has 1 saturated heterocycles. The maximum absolute atomic E-state index is 10.4. The summed E-state index contributed by atoms with van der Waals surface area (Å²) in [5.41, 5.74) is -0.457. The second-order valence-electron chi connectivity index (χ2n) is 6.01. The fraction of sp³-hybridized carbons (Fsp3) is 1.00. The molecule has 1 heterocycles. The summed E-state index contributed by atoms with van der Waals surface area (Å²) >= 11 is 0. The summed E-state index contributed by atoms with van der Waals surface area (Å²) < 4.78 is 0. The molecule has 0 bridgehead atoms. The number of piperidine rings is 1. The number of unbranched alkanes of at least 4 members (excludes halogenated alkanes) is 4. The zero-order chi connectivity index (χ0) is 12.6. The van der Waals surface area contributed by atoms with Crippen LogP contribution in [0.15, 0.2) is 0 Å². The molecule has 0 saturated carbocycles. The molecule has 1 aliphatic rings. The normalized spacial score (nSPS) is 24.5. The Bertz CT molecular complexity index is 185. The van der Waals surface area contributed by atoms with Crippen LogP contribution in [0.1, 0.15) is 78.1 Å². The van der Waals surface area contributed by atoms with E-state index >= 15 is 0 Å². The molecule has 1 aliphatic heterocycles. The average Bonchev–Trinajstić information content (AvgIpc) is 2.29. The Morgan fingerprint density at radius 3 is 2.59 bits per heavy atom. The zero-order valence-electron chi connectivity index (χ0n) is 11.8. The highest BCUT2D eigenvalue weighted by atomic mass is 16.3. The fourth-order valence-electron chi connectivity index (χ4n) is 2.84. The van der Waals surface area contributed by atoms with Gasteiger partial charge in [-0.1, -0.05) is 45.4 Å². The van der Waals surface area contributed by atoms with Crippen molar-refractivity contribution in [2.75, 3.05) is 6.54 Å². The topological polar surface area (TPSA) is 32.3 Å². The summed E-state index contributed by atoms with van der Waals surface area (Å²) in [4.78, 5) is 0. The Hall–Kier alpha value is -0.0800. The van der Waals surface area contributed by atoms with Crippen LogP contribution < -0.4 is 5.32 Å². The zero-order valence-corrected chi connectivity index (χ0v) is 11.8. The Kier molecular flexibility index (Phi) is 7.14. The summed E-state index contributed by atoms with van der Waals surface area (Å²) in [5.74, 6) is 0. The van der Waals surface area contributed by atoms with Gasteiger partial charge in [0.1, 0.15) is 0 Å².